The van der Waals surface area contributed by atoms with E-state index in [1.54, 1.807) is 6.07 Å². The number of carbonyl (C=O) groups is 1. The molecule has 80 valence electrons. The summed E-state index contributed by atoms with van der Waals surface area (Å²) in [6.45, 7) is 0.810. The van der Waals surface area contributed by atoms with Crippen LogP contribution in [0.1, 0.15) is 12.8 Å². The van der Waals surface area contributed by atoms with Crippen molar-refractivity contribution in [3.8, 4) is 0 Å². The molecule has 15 heavy (non-hydrogen) atoms. The van der Waals surface area contributed by atoms with Crippen LogP contribution in [0.15, 0.2) is 18.2 Å². The minimum absolute atomic E-state index is 0.237. The third kappa shape index (κ3) is 1.86. The van der Waals surface area contributed by atoms with Crippen molar-refractivity contribution in [1.29, 1.82) is 0 Å². The number of amides is 1. The molecule has 0 aliphatic carbocycles. The normalized spacial score (nSPS) is 20.5. The second-order valence-corrected chi connectivity index (χ2v) is 3.67. The van der Waals surface area contributed by atoms with Crippen LogP contribution in [0.3, 0.4) is 0 Å². The van der Waals surface area contributed by atoms with Crippen molar-refractivity contribution < 1.29 is 4.79 Å². The largest absolute Gasteiger partial charge is 0.384 e. The van der Waals surface area contributed by atoms with Gasteiger partial charge in [-0.3, -0.25) is 4.79 Å². The zero-order valence-corrected chi connectivity index (χ0v) is 8.39. The maximum absolute atomic E-state index is 11.2. The third-order valence-corrected chi connectivity index (χ3v) is 2.63. The second kappa shape index (κ2) is 3.76. The van der Waals surface area contributed by atoms with Crippen LogP contribution in [0.2, 0.25) is 0 Å². The van der Waals surface area contributed by atoms with Crippen LogP contribution >= 0.6 is 0 Å². The number of aromatic nitrogens is 1. The van der Waals surface area contributed by atoms with Gasteiger partial charge >= 0.3 is 0 Å². The maximum atomic E-state index is 11.2. The van der Waals surface area contributed by atoms with Crippen LogP contribution < -0.4 is 16.4 Å². The minimum Gasteiger partial charge on any atom is -0.384 e. The van der Waals surface area contributed by atoms with Crippen molar-refractivity contribution >= 4 is 17.5 Å². The first kappa shape index (κ1) is 9.76. The van der Waals surface area contributed by atoms with E-state index in [4.69, 9.17) is 11.5 Å². The molecule has 1 fully saturated rings. The van der Waals surface area contributed by atoms with Crippen LogP contribution in [0.25, 0.3) is 0 Å². The number of primary amides is 1. The molecule has 0 saturated carbocycles. The van der Waals surface area contributed by atoms with Gasteiger partial charge in [0.15, 0.2) is 0 Å². The Morgan fingerprint density at radius 2 is 2.33 bits per heavy atom. The molecule has 1 unspecified atom stereocenters. The van der Waals surface area contributed by atoms with Crippen molar-refractivity contribution in [3.05, 3.63) is 18.2 Å². The molecule has 2 rings (SSSR count). The first-order chi connectivity index (χ1) is 7.18. The molecule has 0 spiro atoms. The lowest BCUT2D eigenvalue weighted by atomic mass is 10.2. The van der Waals surface area contributed by atoms with Crippen LogP contribution in [-0.2, 0) is 4.79 Å². The smallest absolute Gasteiger partial charge is 0.240 e. The van der Waals surface area contributed by atoms with Crippen molar-refractivity contribution in [2.24, 2.45) is 5.73 Å². The Balaban J connectivity index is 2.26. The number of anilines is 2. The topological polar surface area (TPSA) is 85.2 Å². The zero-order valence-electron chi connectivity index (χ0n) is 8.39. The first-order valence-electron chi connectivity index (χ1n) is 4.97. The number of nitrogen functional groups attached to an aromatic ring is 1. The molecule has 1 aromatic heterocycles. The summed E-state index contributed by atoms with van der Waals surface area (Å²) in [5.74, 6) is 0.899. The van der Waals surface area contributed by atoms with Gasteiger partial charge in [-0.2, -0.15) is 0 Å². The number of pyridine rings is 1. The van der Waals surface area contributed by atoms with Gasteiger partial charge in [0.1, 0.15) is 17.7 Å². The molecule has 1 aromatic rings. The number of hydrogen-bond acceptors (Lipinski definition) is 4. The summed E-state index contributed by atoms with van der Waals surface area (Å²) in [6, 6.07) is 5.16. The average molecular weight is 206 g/mol. The molecule has 0 bridgehead atoms. The molecule has 1 aliphatic rings. The van der Waals surface area contributed by atoms with E-state index in [2.05, 4.69) is 4.98 Å². The highest BCUT2D eigenvalue weighted by molar-refractivity contribution is 5.83. The number of nitrogens with two attached hydrogens (primary N) is 2. The number of rotatable bonds is 2. The van der Waals surface area contributed by atoms with Gasteiger partial charge in [-0.05, 0) is 25.0 Å². The molecule has 1 atom stereocenters. The Kier molecular flexibility index (Phi) is 2.45. The molecule has 1 aliphatic heterocycles. The molecule has 5 nitrogen and oxygen atoms in total. The summed E-state index contributed by atoms with van der Waals surface area (Å²) < 4.78 is 0. The molecule has 5 heteroatoms. The van der Waals surface area contributed by atoms with Gasteiger partial charge in [-0.1, -0.05) is 6.07 Å². The predicted octanol–water partition coefficient (Wildman–Crippen LogP) is 0.118. The zero-order chi connectivity index (χ0) is 10.8. The summed E-state index contributed by atoms with van der Waals surface area (Å²) >= 11 is 0. The SMILES string of the molecule is NC(=O)C1CCCN1c1cccc(N)n1. The van der Waals surface area contributed by atoms with Crippen LogP contribution in [-0.4, -0.2) is 23.5 Å². The molecule has 2 heterocycles. The summed E-state index contributed by atoms with van der Waals surface area (Å²) in [5, 5.41) is 0. The Labute approximate surface area is 88.1 Å². The molecular formula is C10H14N4O. The van der Waals surface area contributed by atoms with Crippen LogP contribution in [0.4, 0.5) is 11.6 Å². The maximum Gasteiger partial charge on any atom is 0.240 e. The van der Waals surface area contributed by atoms with Gasteiger partial charge in [-0.25, -0.2) is 4.98 Å². The summed E-state index contributed by atoms with van der Waals surface area (Å²) in [5.41, 5.74) is 10.9. The van der Waals surface area contributed by atoms with E-state index in [9.17, 15) is 4.79 Å². The van der Waals surface area contributed by atoms with Gasteiger partial charge in [0.25, 0.3) is 0 Å². The van der Waals surface area contributed by atoms with Gasteiger partial charge in [-0.15, -0.1) is 0 Å². The molecule has 0 aromatic carbocycles. The summed E-state index contributed by atoms with van der Waals surface area (Å²) in [4.78, 5) is 17.3. The summed E-state index contributed by atoms with van der Waals surface area (Å²) in [7, 11) is 0. The van der Waals surface area contributed by atoms with Crippen molar-refractivity contribution in [2.45, 2.75) is 18.9 Å². The minimum atomic E-state index is -0.295. The van der Waals surface area contributed by atoms with Gasteiger partial charge in [0.2, 0.25) is 5.91 Å². The van der Waals surface area contributed by atoms with E-state index in [-0.39, 0.29) is 11.9 Å². The van der Waals surface area contributed by atoms with Crippen LogP contribution in [0, 0.1) is 0 Å². The fourth-order valence-electron chi connectivity index (χ4n) is 1.94. The van der Waals surface area contributed by atoms with Crippen molar-refractivity contribution in [1.82, 2.24) is 4.98 Å². The fraction of sp³-hybridized carbons (Fsp3) is 0.400. The Morgan fingerprint density at radius 3 is 3.00 bits per heavy atom. The van der Waals surface area contributed by atoms with Gasteiger partial charge in [0.05, 0.1) is 0 Å². The lowest BCUT2D eigenvalue weighted by Gasteiger charge is -2.23. The number of carbonyl (C=O) groups excluding carboxylic acids is 1. The molecular weight excluding hydrogens is 192 g/mol. The Bertz CT molecular complexity index is 379. The fourth-order valence-corrected chi connectivity index (χ4v) is 1.94. The quantitative estimate of drug-likeness (QED) is 0.719. The van der Waals surface area contributed by atoms with Gasteiger partial charge < -0.3 is 16.4 Å². The van der Waals surface area contributed by atoms with Crippen molar-refractivity contribution in [2.75, 3.05) is 17.2 Å². The van der Waals surface area contributed by atoms with E-state index >= 15 is 0 Å². The molecule has 0 radical (unpaired) electrons. The average Bonchev–Trinajstić information content (AvgIpc) is 2.65. The molecule has 1 amide bonds. The monoisotopic (exact) mass is 206 g/mol. The Hall–Kier alpha value is -1.78. The standard InChI is InChI=1S/C10H14N4O/c11-8-4-1-5-9(13-8)14-6-2-3-7(14)10(12)15/h1,4-5,7H,2-3,6H2,(H2,11,13)(H2,12,15). The number of hydrogen-bond donors (Lipinski definition) is 2. The van der Waals surface area contributed by atoms with Crippen molar-refractivity contribution in [3.63, 3.8) is 0 Å². The van der Waals surface area contributed by atoms with E-state index in [1.165, 1.54) is 0 Å². The van der Waals surface area contributed by atoms with Gasteiger partial charge in [0, 0.05) is 6.54 Å². The lowest BCUT2D eigenvalue weighted by Crippen LogP contribution is -2.40. The van der Waals surface area contributed by atoms with E-state index < -0.39 is 0 Å². The molecule has 4 N–H and O–H groups in total. The third-order valence-electron chi connectivity index (χ3n) is 2.63. The Morgan fingerprint density at radius 1 is 1.53 bits per heavy atom. The first-order valence-corrected chi connectivity index (χ1v) is 4.97. The highest BCUT2D eigenvalue weighted by Crippen LogP contribution is 2.23. The highest BCUT2D eigenvalue weighted by Gasteiger charge is 2.29. The number of nitrogens with zero attached hydrogens (tertiary/aromatic N) is 2. The van der Waals surface area contributed by atoms with Crippen LogP contribution in [0.5, 0.6) is 0 Å². The molecule has 1 saturated heterocycles. The summed E-state index contributed by atoms with van der Waals surface area (Å²) in [6.07, 6.45) is 1.76. The lowest BCUT2D eigenvalue weighted by molar-refractivity contribution is -0.119. The highest BCUT2D eigenvalue weighted by atomic mass is 16.1. The predicted molar refractivity (Wildman–Crippen MR) is 58.2 cm³/mol. The van der Waals surface area contributed by atoms with E-state index in [1.807, 2.05) is 17.0 Å². The van der Waals surface area contributed by atoms with E-state index in [0.717, 1.165) is 25.2 Å². The van der Waals surface area contributed by atoms with E-state index in [0.29, 0.717) is 5.82 Å². The second-order valence-electron chi connectivity index (χ2n) is 3.67.